The second-order valence-electron chi connectivity index (χ2n) is 5.28. The maximum absolute atomic E-state index is 11.5. The molecule has 2 nitrogen and oxygen atoms in total. The van der Waals surface area contributed by atoms with Crippen molar-refractivity contribution < 1.29 is 4.79 Å². The van der Waals surface area contributed by atoms with E-state index in [4.69, 9.17) is 11.6 Å². The summed E-state index contributed by atoms with van der Waals surface area (Å²) in [6.07, 6.45) is 7.17. The predicted molar refractivity (Wildman–Crippen MR) is 80.7 cm³/mol. The van der Waals surface area contributed by atoms with Crippen molar-refractivity contribution in [2.45, 2.75) is 57.2 Å². The van der Waals surface area contributed by atoms with Crippen LogP contribution in [0.1, 0.15) is 62.0 Å². The van der Waals surface area contributed by atoms with Crippen LogP contribution in [0.3, 0.4) is 0 Å². The van der Waals surface area contributed by atoms with Gasteiger partial charge in [0.25, 0.3) is 0 Å². The number of unbranched alkanes of at least 4 members (excludes halogenated alkanes) is 2. The smallest absolute Gasteiger partial charge is 0.224 e. The number of carbonyl (C=O) groups excluding carboxylic acids is 1. The Balaban J connectivity index is 2.07. The maximum Gasteiger partial charge on any atom is 0.224 e. The third-order valence-electron chi connectivity index (χ3n) is 3.68. The van der Waals surface area contributed by atoms with E-state index in [2.05, 4.69) is 18.3 Å². The number of anilines is 1. The predicted octanol–water partition coefficient (Wildman–Crippen LogP) is 4.82. The highest BCUT2D eigenvalue weighted by Crippen LogP contribution is 2.31. The molecule has 0 spiro atoms. The molecule has 1 aliphatic heterocycles. The van der Waals surface area contributed by atoms with Crippen LogP contribution in [0.5, 0.6) is 0 Å². The van der Waals surface area contributed by atoms with Crippen LogP contribution >= 0.6 is 11.6 Å². The highest BCUT2D eigenvalue weighted by molar-refractivity contribution is 6.20. The first-order valence-corrected chi connectivity index (χ1v) is 7.71. The molecule has 104 valence electrons. The Kier molecular flexibility index (Phi) is 5.26. The molecule has 0 fully saturated rings. The van der Waals surface area contributed by atoms with Gasteiger partial charge in [-0.25, -0.2) is 0 Å². The molecule has 0 saturated carbocycles. The van der Waals surface area contributed by atoms with Crippen LogP contribution in [0.25, 0.3) is 0 Å². The van der Waals surface area contributed by atoms with E-state index < -0.39 is 0 Å². The molecule has 3 heteroatoms. The number of hydrogen-bond acceptors (Lipinski definition) is 1. The van der Waals surface area contributed by atoms with Crippen LogP contribution in [0, 0.1) is 0 Å². The fraction of sp³-hybridized carbons (Fsp3) is 0.562. The molecule has 0 saturated heterocycles. The Morgan fingerprint density at radius 2 is 2.16 bits per heavy atom. The summed E-state index contributed by atoms with van der Waals surface area (Å²) in [6, 6.07) is 6.22. The molecule has 1 aliphatic rings. The zero-order valence-electron chi connectivity index (χ0n) is 11.5. The largest absolute Gasteiger partial charge is 0.326 e. The average Bonchev–Trinajstić information content (AvgIpc) is 2.58. The van der Waals surface area contributed by atoms with E-state index in [1.54, 1.807) is 0 Å². The molecule has 0 aromatic heterocycles. The van der Waals surface area contributed by atoms with Gasteiger partial charge < -0.3 is 5.32 Å². The summed E-state index contributed by atoms with van der Waals surface area (Å²) in [5.74, 6) is 0.122. The Bertz CT molecular complexity index is 444. The van der Waals surface area contributed by atoms with Crippen LogP contribution < -0.4 is 5.32 Å². The Morgan fingerprint density at radius 3 is 2.95 bits per heavy atom. The molecule has 1 heterocycles. The van der Waals surface area contributed by atoms with Gasteiger partial charge in [-0.05, 0) is 36.5 Å². The first-order chi connectivity index (χ1) is 9.20. The Labute approximate surface area is 120 Å². The molecule has 19 heavy (non-hydrogen) atoms. The number of alkyl halides is 1. The first-order valence-electron chi connectivity index (χ1n) is 7.27. The molecule has 0 bridgehead atoms. The van der Waals surface area contributed by atoms with Crippen LogP contribution in [-0.2, 0) is 11.2 Å². The maximum atomic E-state index is 11.5. The van der Waals surface area contributed by atoms with Crippen molar-refractivity contribution in [1.82, 2.24) is 0 Å². The number of benzene rings is 1. The van der Waals surface area contributed by atoms with Gasteiger partial charge in [0, 0.05) is 12.1 Å². The topological polar surface area (TPSA) is 29.1 Å². The van der Waals surface area contributed by atoms with E-state index in [9.17, 15) is 4.79 Å². The van der Waals surface area contributed by atoms with Gasteiger partial charge in [0.15, 0.2) is 0 Å². The summed E-state index contributed by atoms with van der Waals surface area (Å²) in [6.45, 7) is 2.20. The third kappa shape index (κ3) is 3.97. The lowest BCUT2D eigenvalue weighted by Gasteiger charge is -2.13. The molecule has 0 aliphatic carbocycles. The van der Waals surface area contributed by atoms with E-state index in [1.807, 2.05) is 12.1 Å². The molecule has 1 unspecified atom stereocenters. The number of nitrogens with one attached hydrogen (secondary N) is 1. The van der Waals surface area contributed by atoms with Gasteiger partial charge in [-0.1, -0.05) is 38.3 Å². The van der Waals surface area contributed by atoms with Crippen LogP contribution in [0.4, 0.5) is 5.69 Å². The van der Waals surface area contributed by atoms with Gasteiger partial charge in [-0.3, -0.25) is 4.79 Å². The summed E-state index contributed by atoms with van der Waals surface area (Å²) in [5, 5.41) is 3.05. The fourth-order valence-electron chi connectivity index (χ4n) is 2.53. The Morgan fingerprint density at radius 1 is 1.32 bits per heavy atom. The zero-order valence-corrected chi connectivity index (χ0v) is 12.3. The molecular weight excluding hydrogens is 258 g/mol. The summed E-state index contributed by atoms with van der Waals surface area (Å²) in [7, 11) is 0. The normalized spacial score (nSPS) is 16.4. The summed E-state index contributed by atoms with van der Waals surface area (Å²) in [4.78, 5) is 11.5. The number of aryl methyl sites for hydroxylation is 1. The van der Waals surface area contributed by atoms with E-state index >= 15 is 0 Å². The van der Waals surface area contributed by atoms with Crippen LogP contribution in [-0.4, -0.2) is 5.91 Å². The highest BCUT2D eigenvalue weighted by atomic mass is 35.5. The second kappa shape index (κ2) is 6.95. The van der Waals surface area contributed by atoms with Crippen LogP contribution in [0.2, 0.25) is 0 Å². The van der Waals surface area contributed by atoms with Crippen molar-refractivity contribution in [3.8, 4) is 0 Å². The van der Waals surface area contributed by atoms with Gasteiger partial charge in [0.05, 0.1) is 5.38 Å². The molecule has 1 atom stereocenters. The summed E-state index contributed by atoms with van der Waals surface area (Å²) in [5.41, 5.74) is 3.38. The second-order valence-corrected chi connectivity index (χ2v) is 5.81. The quantitative estimate of drug-likeness (QED) is 0.607. The van der Waals surface area contributed by atoms with E-state index in [-0.39, 0.29) is 11.3 Å². The number of fused-ring (bicyclic) bond motifs is 1. The molecule has 1 amide bonds. The van der Waals surface area contributed by atoms with E-state index in [1.165, 1.54) is 30.4 Å². The van der Waals surface area contributed by atoms with Crippen molar-refractivity contribution in [3.05, 3.63) is 29.3 Å². The number of rotatable bonds is 5. The minimum Gasteiger partial charge on any atom is -0.326 e. The number of hydrogen-bond donors (Lipinski definition) is 1. The zero-order chi connectivity index (χ0) is 13.7. The van der Waals surface area contributed by atoms with Crippen molar-refractivity contribution in [2.24, 2.45) is 0 Å². The molecule has 1 aromatic rings. The van der Waals surface area contributed by atoms with Gasteiger partial charge in [0.2, 0.25) is 5.91 Å². The van der Waals surface area contributed by atoms with Gasteiger partial charge >= 0.3 is 0 Å². The number of carbonyl (C=O) groups is 1. The third-order valence-corrected chi connectivity index (χ3v) is 4.15. The highest BCUT2D eigenvalue weighted by Gasteiger charge is 2.15. The van der Waals surface area contributed by atoms with Crippen LogP contribution in [0.15, 0.2) is 18.2 Å². The molecule has 0 radical (unpaired) electrons. The fourth-order valence-corrected chi connectivity index (χ4v) is 2.82. The van der Waals surface area contributed by atoms with E-state index in [0.29, 0.717) is 6.42 Å². The van der Waals surface area contributed by atoms with Crippen molar-refractivity contribution in [2.75, 3.05) is 5.32 Å². The van der Waals surface area contributed by atoms with Crippen molar-refractivity contribution in [1.29, 1.82) is 0 Å². The Hall–Kier alpha value is -1.02. The summed E-state index contributed by atoms with van der Waals surface area (Å²) >= 11 is 6.47. The lowest BCUT2D eigenvalue weighted by molar-refractivity contribution is -0.116. The van der Waals surface area contributed by atoms with Crippen molar-refractivity contribution >= 4 is 23.2 Å². The molecule has 1 aromatic carbocycles. The van der Waals surface area contributed by atoms with Gasteiger partial charge in [0.1, 0.15) is 0 Å². The minimum absolute atomic E-state index is 0.0933. The van der Waals surface area contributed by atoms with E-state index in [0.717, 1.165) is 24.9 Å². The average molecular weight is 280 g/mol. The minimum atomic E-state index is 0.0933. The lowest BCUT2D eigenvalue weighted by atomic mass is 10.00. The number of halogens is 1. The summed E-state index contributed by atoms with van der Waals surface area (Å²) < 4.78 is 0. The SMILES string of the molecule is CCCCCC(Cl)c1ccc2c(c1)CCCC(=O)N2. The van der Waals surface area contributed by atoms with Gasteiger partial charge in [-0.2, -0.15) is 0 Å². The molecule has 1 N–H and O–H groups in total. The monoisotopic (exact) mass is 279 g/mol. The molecular formula is C16H22ClNO. The molecule has 2 rings (SSSR count). The first kappa shape index (κ1) is 14.4. The van der Waals surface area contributed by atoms with Gasteiger partial charge in [-0.15, -0.1) is 11.6 Å². The van der Waals surface area contributed by atoms with Crippen molar-refractivity contribution in [3.63, 3.8) is 0 Å². The number of amides is 1. The standard InChI is InChI=1S/C16H22ClNO/c1-2-3-4-7-14(17)12-9-10-15-13(11-12)6-5-8-16(19)18-15/h9-11,14H,2-8H2,1H3,(H,18,19). The lowest BCUT2D eigenvalue weighted by Crippen LogP contribution is -2.09.